The maximum absolute atomic E-state index is 10.6. The van der Waals surface area contributed by atoms with Crippen molar-refractivity contribution in [1.82, 2.24) is 4.98 Å². The topological polar surface area (TPSA) is 50.2 Å². The summed E-state index contributed by atoms with van der Waals surface area (Å²) in [6, 6.07) is 3.45. The van der Waals surface area contributed by atoms with Gasteiger partial charge < -0.3 is 5.11 Å². The van der Waals surface area contributed by atoms with E-state index >= 15 is 0 Å². The molecule has 1 heterocycles. The highest BCUT2D eigenvalue weighted by Crippen LogP contribution is 2.21. The Morgan fingerprint density at radius 1 is 1.43 bits per heavy atom. The van der Waals surface area contributed by atoms with Crippen LogP contribution in [0.25, 0.3) is 0 Å². The molecule has 0 atom stereocenters. The van der Waals surface area contributed by atoms with Gasteiger partial charge in [0.15, 0.2) is 0 Å². The van der Waals surface area contributed by atoms with Gasteiger partial charge in [-0.2, -0.15) is 0 Å². The minimum Gasteiger partial charge on any atom is -0.477 e. The molecule has 0 unspecified atom stereocenters. The van der Waals surface area contributed by atoms with Gasteiger partial charge in [0.2, 0.25) is 0 Å². The number of aromatic nitrogens is 1. The number of carboxylic acid groups (broad SMARTS) is 1. The van der Waals surface area contributed by atoms with Crippen molar-refractivity contribution in [1.29, 1.82) is 0 Å². The first-order valence-corrected chi connectivity index (χ1v) is 4.11. The highest BCUT2D eigenvalue weighted by Gasteiger charge is 2.15. The molecule has 0 aliphatic carbocycles. The Labute approximate surface area is 89.6 Å². The van der Waals surface area contributed by atoms with Crippen molar-refractivity contribution >= 4 is 18.4 Å². The Morgan fingerprint density at radius 3 is 2.43 bits per heavy atom. The third-order valence-corrected chi connectivity index (χ3v) is 1.85. The molecule has 1 N–H and O–H groups in total. The van der Waals surface area contributed by atoms with Crippen LogP contribution in [-0.4, -0.2) is 16.1 Å². The first-order valence-electron chi connectivity index (χ1n) is 4.11. The van der Waals surface area contributed by atoms with Gasteiger partial charge in [-0.1, -0.05) is 20.8 Å². The Morgan fingerprint density at radius 2 is 2.00 bits per heavy atom. The van der Waals surface area contributed by atoms with Gasteiger partial charge in [0.1, 0.15) is 5.69 Å². The van der Waals surface area contributed by atoms with Gasteiger partial charge in [-0.25, -0.2) is 9.78 Å². The molecule has 0 aromatic carbocycles. The van der Waals surface area contributed by atoms with Gasteiger partial charge in [0, 0.05) is 6.20 Å². The molecular weight excluding hydrogens is 202 g/mol. The number of pyridine rings is 1. The van der Waals surface area contributed by atoms with Crippen LogP contribution in [0.5, 0.6) is 0 Å². The predicted molar refractivity (Wildman–Crippen MR) is 57.1 cm³/mol. The number of rotatable bonds is 1. The highest BCUT2D eigenvalue weighted by atomic mass is 35.5. The van der Waals surface area contributed by atoms with Gasteiger partial charge in [-0.05, 0) is 23.1 Å². The molecule has 14 heavy (non-hydrogen) atoms. The second kappa shape index (κ2) is 4.42. The zero-order valence-electron chi connectivity index (χ0n) is 8.44. The van der Waals surface area contributed by atoms with E-state index in [0.717, 1.165) is 5.56 Å². The molecule has 0 aliphatic rings. The van der Waals surface area contributed by atoms with Gasteiger partial charge in [0.05, 0.1) is 0 Å². The number of halogens is 1. The highest BCUT2D eigenvalue weighted by molar-refractivity contribution is 5.85. The summed E-state index contributed by atoms with van der Waals surface area (Å²) < 4.78 is 0. The summed E-state index contributed by atoms with van der Waals surface area (Å²) in [7, 11) is 0. The van der Waals surface area contributed by atoms with Crippen LogP contribution in [0.4, 0.5) is 0 Å². The van der Waals surface area contributed by atoms with Crippen molar-refractivity contribution in [2.75, 3.05) is 0 Å². The van der Waals surface area contributed by atoms with E-state index < -0.39 is 5.97 Å². The Hall–Kier alpha value is -1.09. The summed E-state index contributed by atoms with van der Waals surface area (Å²) in [6.07, 6.45) is 1.53. The third-order valence-electron chi connectivity index (χ3n) is 1.85. The minimum absolute atomic E-state index is 0. The molecular formula is C10H14ClNO2. The van der Waals surface area contributed by atoms with E-state index in [1.165, 1.54) is 6.20 Å². The maximum Gasteiger partial charge on any atom is 0.354 e. The average Bonchev–Trinajstić information content (AvgIpc) is 2.03. The number of hydrogen-bond donors (Lipinski definition) is 1. The molecule has 0 fully saturated rings. The maximum atomic E-state index is 10.6. The van der Waals surface area contributed by atoms with Crippen LogP contribution >= 0.6 is 12.4 Å². The molecule has 4 heteroatoms. The molecule has 0 saturated heterocycles. The first kappa shape index (κ1) is 12.9. The SMILES string of the molecule is CC(C)(C)c1ccnc(C(=O)O)c1.Cl. The molecule has 78 valence electrons. The minimum atomic E-state index is -0.980. The quantitative estimate of drug-likeness (QED) is 0.783. The van der Waals surface area contributed by atoms with Crippen LogP contribution in [0, 0.1) is 0 Å². The second-order valence-corrected chi connectivity index (χ2v) is 3.98. The first-order chi connectivity index (χ1) is 5.91. The van der Waals surface area contributed by atoms with E-state index in [-0.39, 0.29) is 23.5 Å². The van der Waals surface area contributed by atoms with E-state index in [9.17, 15) is 4.79 Å². The third kappa shape index (κ3) is 3.00. The fourth-order valence-corrected chi connectivity index (χ4v) is 1.01. The lowest BCUT2D eigenvalue weighted by Gasteiger charge is -2.18. The smallest absolute Gasteiger partial charge is 0.354 e. The van der Waals surface area contributed by atoms with Crippen molar-refractivity contribution in [3.8, 4) is 0 Å². The zero-order valence-corrected chi connectivity index (χ0v) is 9.26. The van der Waals surface area contributed by atoms with Crippen LogP contribution < -0.4 is 0 Å². The molecule has 3 nitrogen and oxygen atoms in total. The number of carbonyl (C=O) groups is 1. The van der Waals surface area contributed by atoms with Crippen molar-refractivity contribution in [3.63, 3.8) is 0 Å². The summed E-state index contributed by atoms with van der Waals surface area (Å²) in [5.41, 5.74) is 1.06. The molecule has 0 saturated carbocycles. The van der Waals surface area contributed by atoms with E-state index in [0.29, 0.717) is 0 Å². The monoisotopic (exact) mass is 215 g/mol. The number of hydrogen-bond acceptors (Lipinski definition) is 2. The molecule has 1 aromatic heterocycles. The summed E-state index contributed by atoms with van der Waals surface area (Å²) >= 11 is 0. The summed E-state index contributed by atoms with van der Waals surface area (Å²) in [5.74, 6) is -0.980. The Bertz CT molecular complexity index is 331. The van der Waals surface area contributed by atoms with Gasteiger partial charge in [-0.15, -0.1) is 12.4 Å². The van der Waals surface area contributed by atoms with Crippen LogP contribution in [0.15, 0.2) is 18.3 Å². The molecule has 0 bridgehead atoms. The van der Waals surface area contributed by atoms with Gasteiger partial charge in [-0.3, -0.25) is 0 Å². The van der Waals surface area contributed by atoms with Gasteiger partial charge >= 0.3 is 5.97 Å². The van der Waals surface area contributed by atoms with E-state index in [1.807, 2.05) is 26.8 Å². The largest absolute Gasteiger partial charge is 0.477 e. The van der Waals surface area contributed by atoms with Crippen molar-refractivity contribution in [2.24, 2.45) is 0 Å². The zero-order chi connectivity index (χ0) is 10.1. The normalized spacial score (nSPS) is 10.5. The Balaban J connectivity index is 0.00000169. The van der Waals surface area contributed by atoms with Crippen molar-refractivity contribution in [2.45, 2.75) is 26.2 Å². The molecule has 0 radical (unpaired) electrons. The average molecular weight is 216 g/mol. The number of nitrogens with zero attached hydrogens (tertiary/aromatic N) is 1. The molecule has 1 aromatic rings. The fourth-order valence-electron chi connectivity index (χ4n) is 1.01. The van der Waals surface area contributed by atoms with E-state index in [2.05, 4.69) is 4.98 Å². The predicted octanol–water partition coefficient (Wildman–Crippen LogP) is 2.50. The van der Waals surface area contributed by atoms with Crippen LogP contribution in [-0.2, 0) is 5.41 Å². The number of aromatic carboxylic acids is 1. The lowest BCUT2D eigenvalue weighted by atomic mass is 9.87. The van der Waals surface area contributed by atoms with Crippen molar-refractivity contribution < 1.29 is 9.90 Å². The van der Waals surface area contributed by atoms with Crippen LogP contribution in [0.2, 0.25) is 0 Å². The standard InChI is InChI=1S/C10H13NO2.ClH/c1-10(2,3)7-4-5-11-8(6-7)9(12)13;/h4-6H,1-3H3,(H,12,13);1H. The lowest BCUT2D eigenvalue weighted by molar-refractivity contribution is 0.0690. The molecule has 0 spiro atoms. The lowest BCUT2D eigenvalue weighted by Crippen LogP contribution is -2.13. The van der Waals surface area contributed by atoms with Gasteiger partial charge in [0.25, 0.3) is 0 Å². The molecule has 0 aliphatic heterocycles. The second-order valence-electron chi connectivity index (χ2n) is 3.98. The van der Waals surface area contributed by atoms with E-state index in [1.54, 1.807) is 6.07 Å². The van der Waals surface area contributed by atoms with Crippen LogP contribution in [0.3, 0.4) is 0 Å². The number of carboxylic acids is 1. The molecule has 0 amide bonds. The summed E-state index contributed by atoms with van der Waals surface area (Å²) in [5, 5.41) is 8.71. The Kier molecular flexibility index (Phi) is 4.08. The van der Waals surface area contributed by atoms with E-state index in [4.69, 9.17) is 5.11 Å². The fraction of sp³-hybridized carbons (Fsp3) is 0.400. The van der Waals surface area contributed by atoms with Crippen LogP contribution in [0.1, 0.15) is 36.8 Å². The van der Waals surface area contributed by atoms with Crippen molar-refractivity contribution in [3.05, 3.63) is 29.6 Å². The summed E-state index contributed by atoms with van der Waals surface area (Å²) in [4.78, 5) is 14.4. The molecule has 1 rings (SSSR count). The summed E-state index contributed by atoms with van der Waals surface area (Å²) in [6.45, 7) is 6.11.